The average molecular weight is 443 g/mol. The number of aromatic nitrogens is 2. The summed E-state index contributed by atoms with van der Waals surface area (Å²) in [7, 11) is 1.46. The number of carbonyl (C=O) groups excluding carboxylic acids is 2. The molecule has 1 aromatic heterocycles. The first kappa shape index (κ1) is 19.8. The molecule has 7 nitrogen and oxygen atoms in total. The summed E-state index contributed by atoms with van der Waals surface area (Å²) >= 11 is 3.39. The van der Waals surface area contributed by atoms with E-state index in [0.717, 1.165) is 15.6 Å². The lowest BCUT2D eigenvalue weighted by atomic mass is 10.1. The molecule has 3 rings (SSSR count). The van der Waals surface area contributed by atoms with E-state index in [1.165, 1.54) is 7.11 Å². The molecule has 28 heavy (non-hydrogen) atoms. The van der Waals surface area contributed by atoms with E-state index in [0.29, 0.717) is 23.6 Å². The van der Waals surface area contributed by atoms with Crippen LogP contribution in [-0.4, -0.2) is 35.7 Å². The molecule has 3 N–H and O–H groups in total. The van der Waals surface area contributed by atoms with Crippen LogP contribution < -0.4 is 10.6 Å². The molecule has 0 aliphatic rings. The van der Waals surface area contributed by atoms with Gasteiger partial charge >= 0.3 is 0 Å². The Hall–Kier alpha value is -2.97. The number of benzene rings is 2. The Morgan fingerprint density at radius 1 is 1.14 bits per heavy atom. The van der Waals surface area contributed by atoms with Gasteiger partial charge in [-0.3, -0.25) is 14.7 Å². The van der Waals surface area contributed by atoms with Crippen molar-refractivity contribution in [3.8, 4) is 11.3 Å². The van der Waals surface area contributed by atoms with E-state index in [1.807, 2.05) is 36.4 Å². The van der Waals surface area contributed by atoms with E-state index in [9.17, 15) is 9.59 Å². The number of nitrogens with zero attached hydrogens (tertiary/aromatic N) is 1. The number of ether oxygens (including phenoxy) is 1. The third kappa shape index (κ3) is 5.28. The summed E-state index contributed by atoms with van der Waals surface area (Å²) in [5, 5.41) is 12.5. The summed E-state index contributed by atoms with van der Waals surface area (Å²) in [5.41, 5.74) is 3.49. The number of hydrogen-bond donors (Lipinski definition) is 3. The number of methoxy groups -OCH3 is 1. The highest BCUT2D eigenvalue weighted by molar-refractivity contribution is 9.10. The van der Waals surface area contributed by atoms with Crippen molar-refractivity contribution in [3.05, 3.63) is 70.3 Å². The lowest BCUT2D eigenvalue weighted by molar-refractivity contribution is -0.119. The summed E-state index contributed by atoms with van der Waals surface area (Å²) in [5.74, 6) is -0.494. The average Bonchev–Trinajstić information content (AvgIpc) is 3.17. The zero-order valence-corrected chi connectivity index (χ0v) is 16.7. The fourth-order valence-electron chi connectivity index (χ4n) is 2.57. The molecule has 0 spiro atoms. The Balaban J connectivity index is 1.60. The molecule has 0 atom stereocenters. The van der Waals surface area contributed by atoms with Crippen molar-refractivity contribution in [2.45, 2.75) is 6.54 Å². The summed E-state index contributed by atoms with van der Waals surface area (Å²) in [4.78, 5) is 24.0. The largest absolute Gasteiger partial charge is 0.375 e. The molecular weight excluding hydrogens is 424 g/mol. The van der Waals surface area contributed by atoms with Crippen molar-refractivity contribution in [3.63, 3.8) is 0 Å². The molecule has 0 bridgehead atoms. The number of anilines is 1. The molecule has 8 heteroatoms. The molecule has 3 aromatic rings. The van der Waals surface area contributed by atoms with Gasteiger partial charge in [0.05, 0.1) is 5.69 Å². The molecule has 2 amide bonds. The fourth-order valence-corrected chi connectivity index (χ4v) is 2.84. The maximum absolute atomic E-state index is 12.4. The second kappa shape index (κ2) is 9.29. The van der Waals surface area contributed by atoms with Gasteiger partial charge in [0.1, 0.15) is 12.3 Å². The van der Waals surface area contributed by atoms with Crippen molar-refractivity contribution >= 4 is 33.4 Å². The summed E-state index contributed by atoms with van der Waals surface area (Å²) in [6.45, 7) is 0.306. The van der Waals surface area contributed by atoms with E-state index >= 15 is 0 Å². The number of nitrogens with one attached hydrogen (secondary N) is 3. The highest BCUT2D eigenvalue weighted by atomic mass is 79.9. The van der Waals surface area contributed by atoms with Gasteiger partial charge in [0.25, 0.3) is 5.91 Å². The molecule has 0 fully saturated rings. The van der Waals surface area contributed by atoms with Gasteiger partial charge in [-0.1, -0.05) is 40.2 Å². The van der Waals surface area contributed by atoms with E-state index < -0.39 is 0 Å². The molecule has 0 saturated heterocycles. The zero-order valence-electron chi connectivity index (χ0n) is 15.2. The van der Waals surface area contributed by atoms with Crippen LogP contribution in [0.15, 0.2) is 59.1 Å². The summed E-state index contributed by atoms with van der Waals surface area (Å²) in [6.07, 6.45) is 0. The first-order chi connectivity index (χ1) is 13.5. The number of hydrogen-bond acceptors (Lipinski definition) is 4. The first-order valence-electron chi connectivity index (χ1n) is 8.52. The van der Waals surface area contributed by atoms with Crippen LogP contribution in [0.4, 0.5) is 5.69 Å². The Morgan fingerprint density at radius 2 is 1.93 bits per heavy atom. The molecule has 0 radical (unpaired) electrons. The van der Waals surface area contributed by atoms with Gasteiger partial charge in [-0.05, 0) is 35.9 Å². The van der Waals surface area contributed by atoms with Crippen LogP contribution in [0.1, 0.15) is 16.1 Å². The molecule has 0 unspecified atom stereocenters. The Kier molecular flexibility index (Phi) is 6.57. The standard InChI is InChI=1S/C20H19BrN4O3/c1-28-12-19(26)23-16-4-2-3-13(9-16)11-22-20(27)18-10-17(24-25-18)14-5-7-15(21)8-6-14/h2-10H,11-12H2,1H3,(H,22,27)(H,23,26)(H,24,25). The molecule has 144 valence electrons. The minimum Gasteiger partial charge on any atom is -0.375 e. The number of carbonyl (C=O) groups is 2. The van der Waals surface area contributed by atoms with E-state index in [4.69, 9.17) is 4.74 Å². The molecule has 0 saturated carbocycles. The van der Waals surface area contributed by atoms with E-state index in [1.54, 1.807) is 18.2 Å². The predicted octanol–water partition coefficient (Wildman–Crippen LogP) is 3.35. The van der Waals surface area contributed by atoms with Crippen LogP contribution in [0.5, 0.6) is 0 Å². The molecule has 1 heterocycles. The quantitative estimate of drug-likeness (QED) is 0.522. The highest BCUT2D eigenvalue weighted by Gasteiger charge is 2.11. The zero-order chi connectivity index (χ0) is 19.9. The normalized spacial score (nSPS) is 10.5. The number of rotatable bonds is 7. The Bertz CT molecular complexity index is 970. The number of aromatic amines is 1. The minimum atomic E-state index is -0.260. The Labute approximate surface area is 170 Å². The van der Waals surface area contributed by atoms with Gasteiger partial charge in [-0.25, -0.2) is 0 Å². The van der Waals surface area contributed by atoms with Gasteiger partial charge in [0.15, 0.2) is 0 Å². The third-order valence-electron chi connectivity index (χ3n) is 3.90. The lowest BCUT2D eigenvalue weighted by Crippen LogP contribution is -2.23. The smallest absolute Gasteiger partial charge is 0.269 e. The molecular formula is C20H19BrN4O3. The van der Waals surface area contributed by atoms with E-state index in [-0.39, 0.29) is 18.4 Å². The van der Waals surface area contributed by atoms with Crippen LogP contribution in [0, 0.1) is 0 Å². The maximum atomic E-state index is 12.4. The van der Waals surface area contributed by atoms with Crippen LogP contribution in [0.25, 0.3) is 11.3 Å². The van der Waals surface area contributed by atoms with Crippen molar-refractivity contribution in [2.24, 2.45) is 0 Å². The molecule has 2 aromatic carbocycles. The molecule has 0 aliphatic heterocycles. The second-order valence-corrected chi connectivity index (χ2v) is 6.95. The van der Waals surface area contributed by atoms with Crippen LogP contribution in [-0.2, 0) is 16.1 Å². The number of H-pyrrole nitrogens is 1. The topological polar surface area (TPSA) is 96.1 Å². The van der Waals surface area contributed by atoms with Crippen molar-refractivity contribution in [1.29, 1.82) is 0 Å². The predicted molar refractivity (Wildman–Crippen MR) is 110 cm³/mol. The third-order valence-corrected chi connectivity index (χ3v) is 4.43. The van der Waals surface area contributed by atoms with Gasteiger partial charge in [-0.2, -0.15) is 5.10 Å². The van der Waals surface area contributed by atoms with E-state index in [2.05, 4.69) is 36.8 Å². The summed E-state index contributed by atoms with van der Waals surface area (Å²) in [6, 6.07) is 16.6. The SMILES string of the molecule is COCC(=O)Nc1cccc(CNC(=O)c2cc(-c3ccc(Br)cc3)n[nH]2)c1. The van der Waals surface area contributed by atoms with Gasteiger partial charge in [0, 0.05) is 29.4 Å². The van der Waals surface area contributed by atoms with Crippen LogP contribution in [0.3, 0.4) is 0 Å². The molecule has 0 aliphatic carbocycles. The minimum absolute atomic E-state index is 0.0124. The second-order valence-electron chi connectivity index (χ2n) is 6.04. The van der Waals surface area contributed by atoms with Gasteiger partial charge < -0.3 is 15.4 Å². The fraction of sp³-hybridized carbons (Fsp3) is 0.150. The highest BCUT2D eigenvalue weighted by Crippen LogP contribution is 2.20. The summed E-state index contributed by atoms with van der Waals surface area (Å²) < 4.78 is 5.77. The van der Waals surface area contributed by atoms with Gasteiger partial charge in [-0.15, -0.1) is 0 Å². The van der Waals surface area contributed by atoms with Gasteiger partial charge in [0.2, 0.25) is 5.91 Å². The van der Waals surface area contributed by atoms with Crippen molar-refractivity contribution < 1.29 is 14.3 Å². The van der Waals surface area contributed by atoms with Crippen molar-refractivity contribution in [2.75, 3.05) is 19.0 Å². The number of amides is 2. The maximum Gasteiger partial charge on any atom is 0.269 e. The first-order valence-corrected chi connectivity index (χ1v) is 9.32. The van der Waals surface area contributed by atoms with Crippen LogP contribution in [0.2, 0.25) is 0 Å². The lowest BCUT2D eigenvalue weighted by Gasteiger charge is -2.08. The number of halogens is 1. The van der Waals surface area contributed by atoms with Crippen LogP contribution >= 0.6 is 15.9 Å². The monoisotopic (exact) mass is 442 g/mol. The Morgan fingerprint density at radius 3 is 2.68 bits per heavy atom. The van der Waals surface area contributed by atoms with Crippen molar-refractivity contribution in [1.82, 2.24) is 15.5 Å².